The van der Waals surface area contributed by atoms with Crippen molar-refractivity contribution >= 4 is 10.0 Å². The van der Waals surface area contributed by atoms with E-state index in [1.807, 2.05) is 0 Å². The first-order valence-corrected chi connectivity index (χ1v) is 16.9. The van der Waals surface area contributed by atoms with Gasteiger partial charge in [-0.1, -0.05) is 147 Å². The fourth-order valence-electron chi connectivity index (χ4n) is 4.99. The summed E-state index contributed by atoms with van der Waals surface area (Å²) in [6, 6.07) is 11.1. The minimum atomic E-state index is -0.445. The highest BCUT2D eigenvalue weighted by molar-refractivity contribution is 8.33. The fraction of sp³-hybridized carbons (Fsp3) is 0.806. The molecule has 32 heavy (non-hydrogen) atoms. The van der Waals surface area contributed by atoms with E-state index in [9.17, 15) is 0 Å². The van der Waals surface area contributed by atoms with Crippen molar-refractivity contribution < 1.29 is 0 Å². The highest BCUT2D eigenvalue weighted by Crippen LogP contribution is 2.46. The van der Waals surface area contributed by atoms with Gasteiger partial charge in [-0.15, -0.1) is 0 Å². The molecule has 0 radical (unpaired) electrons. The van der Waals surface area contributed by atoms with Crippen molar-refractivity contribution in [3.63, 3.8) is 0 Å². The second-order valence-corrected chi connectivity index (χ2v) is 15.0. The molecule has 0 amide bonds. The van der Waals surface area contributed by atoms with Crippen LogP contribution in [0.15, 0.2) is 30.3 Å². The monoisotopic (exact) mass is 462 g/mol. The molecule has 0 heterocycles. The van der Waals surface area contributed by atoms with Crippen LogP contribution < -0.4 is 0 Å². The van der Waals surface area contributed by atoms with Crippen molar-refractivity contribution in [2.45, 2.75) is 130 Å². The number of rotatable bonds is 22. The molecule has 0 N–H and O–H groups in total. The molecule has 0 fully saturated rings. The third-order valence-corrected chi connectivity index (χ3v) is 11.4. The van der Waals surface area contributed by atoms with Crippen LogP contribution in [0.1, 0.15) is 129 Å². The summed E-state index contributed by atoms with van der Waals surface area (Å²) in [5.74, 6) is 5.20. The Hall–Kier alpha value is -0.430. The number of hydrogen-bond acceptors (Lipinski definition) is 0. The van der Waals surface area contributed by atoms with Crippen molar-refractivity contribution in [3.05, 3.63) is 35.9 Å². The molecular formula is C31H58S. The standard InChI is InChI=1S/C31H58S/c1-5-7-8-9-10-11-12-13-14-15-16-17-18-19-21-24-30(3)29-32(4,6-2)28-27-31-25-22-20-23-26-31/h20,22-23,25-26,30H,5-19,21,24,27-29H2,1-4H3. The van der Waals surface area contributed by atoms with Crippen LogP contribution in [-0.4, -0.2) is 23.5 Å². The third-order valence-electron chi connectivity index (χ3n) is 7.41. The third kappa shape index (κ3) is 16.2. The van der Waals surface area contributed by atoms with Crippen LogP contribution >= 0.6 is 10.0 Å². The summed E-state index contributed by atoms with van der Waals surface area (Å²) in [6.07, 6.45) is 27.3. The molecule has 2 unspecified atom stereocenters. The van der Waals surface area contributed by atoms with Gasteiger partial charge in [0.1, 0.15) is 0 Å². The van der Waals surface area contributed by atoms with Crippen LogP contribution in [0.2, 0.25) is 0 Å². The summed E-state index contributed by atoms with van der Waals surface area (Å²) in [6.45, 7) is 7.26. The van der Waals surface area contributed by atoms with E-state index in [0.29, 0.717) is 0 Å². The second kappa shape index (κ2) is 20.0. The molecule has 0 spiro atoms. The van der Waals surface area contributed by atoms with E-state index in [-0.39, 0.29) is 0 Å². The largest absolute Gasteiger partial charge is 0.244 e. The zero-order chi connectivity index (χ0) is 23.3. The Labute approximate surface area is 205 Å². The maximum absolute atomic E-state index is 2.61. The zero-order valence-corrected chi connectivity index (χ0v) is 23.3. The zero-order valence-electron chi connectivity index (χ0n) is 22.5. The molecule has 1 aromatic carbocycles. The molecule has 0 saturated heterocycles. The lowest BCUT2D eigenvalue weighted by Gasteiger charge is -2.37. The van der Waals surface area contributed by atoms with Crippen molar-refractivity contribution in [2.24, 2.45) is 5.92 Å². The molecule has 0 nitrogen and oxygen atoms in total. The predicted molar refractivity (Wildman–Crippen MR) is 153 cm³/mol. The Balaban J connectivity index is 1.95. The highest BCUT2D eigenvalue weighted by atomic mass is 32.3. The average Bonchev–Trinajstić information content (AvgIpc) is 2.81. The van der Waals surface area contributed by atoms with Gasteiger partial charge >= 0.3 is 0 Å². The minimum absolute atomic E-state index is 0.445. The SMILES string of the molecule is CCCCCCCCCCCCCCCCCC(C)CS(C)(CC)CCc1ccccc1. The quantitative estimate of drug-likeness (QED) is 0.150. The van der Waals surface area contributed by atoms with E-state index in [1.165, 1.54) is 132 Å². The molecule has 0 aliphatic heterocycles. The summed E-state index contributed by atoms with van der Waals surface area (Å²) in [5, 5.41) is 0. The molecule has 0 aliphatic carbocycles. The lowest BCUT2D eigenvalue weighted by atomic mass is 10.0. The molecule has 0 aromatic heterocycles. The van der Waals surface area contributed by atoms with E-state index in [2.05, 4.69) is 57.4 Å². The number of unbranched alkanes of at least 4 members (excludes halogenated alkanes) is 14. The fourth-order valence-corrected chi connectivity index (χ4v) is 7.95. The molecular weight excluding hydrogens is 404 g/mol. The molecule has 188 valence electrons. The van der Waals surface area contributed by atoms with Gasteiger partial charge in [-0.2, -0.15) is 0 Å². The summed E-state index contributed by atoms with van der Waals surface area (Å²) in [5.41, 5.74) is 1.52. The lowest BCUT2D eigenvalue weighted by molar-refractivity contribution is 0.504. The Morgan fingerprint density at radius 2 is 1.12 bits per heavy atom. The first-order chi connectivity index (χ1) is 15.6. The normalized spacial score (nSPS) is 15.4. The van der Waals surface area contributed by atoms with Crippen LogP contribution in [0.25, 0.3) is 0 Å². The highest BCUT2D eigenvalue weighted by Gasteiger charge is 2.19. The Bertz CT molecular complexity index is 510. The molecule has 2 atom stereocenters. The van der Waals surface area contributed by atoms with E-state index in [0.717, 1.165) is 5.92 Å². The number of benzene rings is 1. The first kappa shape index (κ1) is 29.6. The van der Waals surface area contributed by atoms with E-state index >= 15 is 0 Å². The van der Waals surface area contributed by atoms with E-state index in [4.69, 9.17) is 0 Å². The van der Waals surface area contributed by atoms with Gasteiger partial charge in [0.2, 0.25) is 0 Å². The Kier molecular flexibility index (Phi) is 18.5. The van der Waals surface area contributed by atoms with Gasteiger partial charge in [0.15, 0.2) is 0 Å². The molecule has 0 bridgehead atoms. The Morgan fingerprint density at radius 3 is 1.59 bits per heavy atom. The number of aryl methyl sites for hydroxylation is 1. The van der Waals surface area contributed by atoms with Crippen molar-refractivity contribution in [3.8, 4) is 0 Å². The van der Waals surface area contributed by atoms with Crippen LogP contribution in [0.4, 0.5) is 0 Å². The van der Waals surface area contributed by atoms with Gasteiger partial charge in [0.25, 0.3) is 0 Å². The van der Waals surface area contributed by atoms with Gasteiger partial charge in [0.05, 0.1) is 0 Å². The van der Waals surface area contributed by atoms with Gasteiger partial charge < -0.3 is 0 Å². The molecule has 1 heteroatoms. The Morgan fingerprint density at radius 1 is 0.656 bits per heavy atom. The van der Waals surface area contributed by atoms with Crippen LogP contribution in [-0.2, 0) is 6.42 Å². The van der Waals surface area contributed by atoms with Crippen LogP contribution in [0.5, 0.6) is 0 Å². The van der Waals surface area contributed by atoms with Crippen LogP contribution in [0.3, 0.4) is 0 Å². The molecule has 0 saturated carbocycles. The van der Waals surface area contributed by atoms with E-state index < -0.39 is 10.0 Å². The summed E-state index contributed by atoms with van der Waals surface area (Å²) in [7, 11) is -0.445. The maximum atomic E-state index is 2.61. The maximum Gasteiger partial charge on any atom is -0.0190 e. The second-order valence-electron chi connectivity index (χ2n) is 10.7. The topological polar surface area (TPSA) is 0 Å². The van der Waals surface area contributed by atoms with Gasteiger partial charge in [-0.05, 0) is 47.8 Å². The summed E-state index contributed by atoms with van der Waals surface area (Å²) >= 11 is 0. The van der Waals surface area contributed by atoms with Gasteiger partial charge in [-0.3, -0.25) is 0 Å². The van der Waals surface area contributed by atoms with E-state index in [1.54, 1.807) is 0 Å². The molecule has 0 aliphatic rings. The summed E-state index contributed by atoms with van der Waals surface area (Å²) < 4.78 is 0. The molecule has 1 rings (SSSR count). The lowest BCUT2D eigenvalue weighted by Crippen LogP contribution is -2.17. The van der Waals surface area contributed by atoms with Crippen LogP contribution in [0, 0.1) is 5.92 Å². The predicted octanol–water partition coefficient (Wildman–Crippen LogP) is 10.6. The molecule has 1 aromatic rings. The summed E-state index contributed by atoms with van der Waals surface area (Å²) in [4.78, 5) is 0. The van der Waals surface area contributed by atoms with Gasteiger partial charge in [0, 0.05) is 0 Å². The number of hydrogen-bond donors (Lipinski definition) is 0. The first-order valence-electron chi connectivity index (χ1n) is 14.3. The van der Waals surface area contributed by atoms with Gasteiger partial charge in [-0.25, -0.2) is 10.0 Å². The van der Waals surface area contributed by atoms with Crippen molar-refractivity contribution in [1.29, 1.82) is 0 Å². The average molecular weight is 463 g/mol. The van der Waals surface area contributed by atoms with Crippen molar-refractivity contribution in [1.82, 2.24) is 0 Å². The smallest absolute Gasteiger partial charge is 0.0190 e. The van der Waals surface area contributed by atoms with Crippen molar-refractivity contribution in [2.75, 3.05) is 23.5 Å². The minimum Gasteiger partial charge on any atom is -0.244 e.